The molecule has 1 aromatic carbocycles. The van der Waals surface area contributed by atoms with Gasteiger partial charge in [0.2, 0.25) is 5.89 Å². The van der Waals surface area contributed by atoms with E-state index in [2.05, 4.69) is 44.8 Å². The second kappa shape index (κ2) is 5.92. The van der Waals surface area contributed by atoms with Crippen molar-refractivity contribution in [2.24, 2.45) is 0 Å². The van der Waals surface area contributed by atoms with Gasteiger partial charge in [-0.25, -0.2) is 4.68 Å². The molecule has 23 heavy (non-hydrogen) atoms. The van der Waals surface area contributed by atoms with E-state index in [-0.39, 0.29) is 6.04 Å². The van der Waals surface area contributed by atoms with E-state index in [1.54, 1.807) is 10.9 Å². The van der Waals surface area contributed by atoms with E-state index in [4.69, 9.17) is 4.52 Å². The van der Waals surface area contributed by atoms with Crippen LogP contribution < -0.4 is 5.32 Å². The summed E-state index contributed by atoms with van der Waals surface area (Å²) in [5.74, 6) is 2.00. The molecule has 1 saturated carbocycles. The lowest BCUT2D eigenvalue weighted by atomic mass is 10.1. The van der Waals surface area contributed by atoms with Gasteiger partial charge in [-0.3, -0.25) is 0 Å². The highest BCUT2D eigenvalue weighted by atomic mass is 16.5. The van der Waals surface area contributed by atoms with Crippen LogP contribution in [0, 0.1) is 0 Å². The number of benzene rings is 1. The second-order valence-corrected chi connectivity index (χ2v) is 5.86. The van der Waals surface area contributed by atoms with Crippen LogP contribution in [-0.2, 0) is 6.54 Å². The molecule has 118 valence electrons. The Hall–Kier alpha value is -2.54. The number of nitrogens with zero attached hydrogens (tertiary/aromatic N) is 5. The minimum Gasteiger partial charge on any atom is -0.339 e. The highest BCUT2D eigenvalue weighted by Crippen LogP contribution is 2.38. The molecule has 0 spiro atoms. The average molecular weight is 310 g/mol. The molecule has 1 atom stereocenters. The first-order chi connectivity index (χ1) is 11.3. The van der Waals surface area contributed by atoms with Crippen LogP contribution in [0.1, 0.15) is 49.0 Å². The highest BCUT2D eigenvalue weighted by Gasteiger charge is 2.29. The van der Waals surface area contributed by atoms with Gasteiger partial charge in [-0.1, -0.05) is 22.5 Å². The summed E-state index contributed by atoms with van der Waals surface area (Å²) in [6.07, 6.45) is 5.83. The fourth-order valence-electron chi connectivity index (χ4n) is 2.46. The van der Waals surface area contributed by atoms with Gasteiger partial charge in [0.05, 0.1) is 24.6 Å². The lowest BCUT2D eigenvalue weighted by Crippen LogP contribution is -2.18. The van der Waals surface area contributed by atoms with Gasteiger partial charge in [0.15, 0.2) is 5.82 Å². The normalized spacial score (nSPS) is 15.7. The monoisotopic (exact) mass is 310 g/mol. The van der Waals surface area contributed by atoms with Gasteiger partial charge < -0.3 is 9.84 Å². The van der Waals surface area contributed by atoms with E-state index in [0.29, 0.717) is 12.5 Å². The summed E-state index contributed by atoms with van der Waals surface area (Å²) in [7, 11) is 0. The van der Waals surface area contributed by atoms with Gasteiger partial charge in [-0.05, 0) is 37.5 Å². The molecule has 1 fully saturated rings. The molecule has 0 radical (unpaired) electrons. The van der Waals surface area contributed by atoms with Gasteiger partial charge in [0.1, 0.15) is 0 Å². The Morgan fingerprint density at radius 3 is 2.83 bits per heavy atom. The molecular weight excluding hydrogens is 292 g/mol. The van der Waals surface area contributed by atoms with Crippen LogP contribution in [-0.4, -0.2) is 25.1 Å². The van der Waals surface area contributed by atoms with Crippen molar-refractivity contribution in [1.29, 1.82) is 0 Å². The van der Waals surface area contributed by atoms with E-state index in [1.807, 2.05) is 18.3 Å². The molecule has 0 bridgehead atoms. The van der Waals surface area contributed by atoms with Crippen molar-refractivity contribution in [2.75, 3.05) is 0 Å². The fraction of sp³-hybridized carbons (Fsp3) is 0.375. The fourth-order valence-corrected chi connectivity index (χ4v) is 2.46. The topological polar surface area (TPSA) is 81.7 Å². The molecule has 0 amide bonds. The zero-order valence-electron chi connectivity index (χ0n) is 12.9. The van der Waals surface area contributed by atoms with Gasteiger partial charge >= 0.3 is 0 Å². The van der Waals surface area contributed by atoms with Gasteiger partial charge in [-0.15, -0.1) is 5.10 Å². The predicted molar refractivity (Wildman–Crippen MR) is 82.9 cm³/mol. The minimum atomic E-state index is 0.197. The summed E-state index contributed by atoms with van der Waals surface area (Å²) in [6, 6.07) is 8.42. The Kier molecular flexibility index (Phi) is 3.63. The largest absolute Gasteiger partial charge is 0.339 e. The summed E-state index contributed by atoms with van der Waals surface area (Å²) in [5, 5.41) is 15.2. The maximum absolute atomic E-state index is 5.27. The van der Waals surface area contributed by atoms with Crippen molar-refractivity contribution >= 4 is 0 Å². The molecule has 7 nitrogen and oxygen atoms in total. The van der Waals surface area contributed by atoms with Crippen molar-refractivity contribution < 1.29 is 4.52 Å². The molecule has 1 N–H and O–H groups in total. The van der Waals surface area contributed by atoms with Crippen LogP contribution in [0.4, 0.5) is 0 Å². The number of rotatable bonds is 6. The van der Waals surface area contributed by atoms with Crippen LogP contribution in [0.15, 0.2) is 41.2 Å². The number of aromatic nitrogens is 5. The molecule has 3 aromatic rings. The molecule has 2 aromatic heterocycles. The molecule has 0 unspecified atom stereocenters. The summed E-state index contributed by atoms with van der Waals surface area (Å²) < 4.78 is 7.00. The highest BCUT2D eigenvalue weighted by molar-refractivity contribution is 5.34. The average Bonchev–Trinajstić information content (AvgIpc) is 3.11. The molecule has 1 aliphatic carbocycles. The first-order valence-electron chi connectivity index (χ1n) is 7.82. The quantitative estimate of drug-likeness (QED) is 0.753. The first kappa shape index (κ1) is 14.1. The maximum atomic E-state index is 5.27. The van der Waals surface area contributed by atoms with Crippen molar-refractivity contribution in [2.45, 2.75) is 38.3 Å². The second-order valence-electron chi connectivity index (χ2n) is 5.86. The zero-order chi connectivity index (χ0) is 15.6. The third-order valence-electron chi connectivity index (χ3n) is 4.06. The third-order valence-corrected chi connectivity index (χ3v) is 4.06. The van der Waals surface area contributed by atoms with Crippen LogP contribution in [0.25, 0.3) is 5.69 Å². The van der Waals surface area contributed by atoms with Crippen molar-refractivity contribution in [3.8, 4) is 5.69 Å². The number of nitrogens with one attached hydrogen (secondary N) is 1. The summed E-state index contributed by atoms with van der Waals surface area (Å²) >= 11 is 0. The van der Waals surface area contributed by atoms with Crippen LogP contribution in [0.3, 0.4) is 0 Å². The number of hydrogen-bond donors (Lipinski definition) is 1. The maximum Gasteiger partial charge on any atom is 0.229 e. The van der Waals surface area contributed by atoms with Gasteiger partial charge in [0, 0.05) is 12.0 Å². The minimum absolute atomic E-state index is 0.197. The summed E-state index contributed by atoms with van der Waals surface area (Å²) in [5.41, 5.74) is 2.19. The van der Waals surface area contributed by atoms with E-state index in [9.17, 15) is 0 Å². The summed E-state index contributed by atoms with van der Waals surface area (Å²) in [4.78, 5) is 4.43. The molecule has 0 saturated heterocycles. The molecule has 1 aliphatic rings. The van der Waals surface area contributed by atoms with E-state index in [0.717, 1.165) is 17.4 Å². The van der Waals surface area contributed by atoms with Gasteiger partial charge in [0.25, 0.3) is 0 Å². The Morgan fingerprint density at radius 2 is 2.13 bits per heavy atom. The SMILES string of the molecule is C[C@H](NCc1noc(C2CC2)n1)c1ccc(-n2ccnn2)cc1. The van der Waals surface area contributed by atoms with Crippen molar-refractivity contribution in [1.82, 2.24) is 30.5 Å². The smallest absolute Gasteiger partial charge is 0.229 e. The summed E-state index contributed by atoms with van der Waals surface area (Å²) in [6.45, 7) is 2.72. The zero-order valence-corrected chi connectivity index (χ0v) is 12.9. The Morgan fingerprint density at radius 1 is 1.30 bits per heavy atom. The first-order valence-corrected chi connectivity index (χ1v) is 7.82. The van der Waals surface area contributed by atoms with Crippen LogP contribution in [0.2, 0.25) is 0 Å². The van der Waals surface area contributed by atoms with E-state index in [1.165, 1.54) is 18.4 Å². The van der Waals surface area contributed by atoms with E-state index < -0.39 is 0 Å². The van der Waals surface area contributed by atoms with Gasteiger partial charge in [-0.2, -0.15) is 4.98 Å². The molecule has 2 heterocycles. The Balaban J connectivity index is 1.37. The Labute approximate surface area is 133 Å². The predicted octanol–water partition coefficient (Wildman–Crippen LogP) is 2.38. The van der Waals surface area contributed by atoms with Crippen LogP contribution in [0.5, 0.6) is 0 Å². The molecule has 4 rings (SSSR count). The lowest BCUT2D eigenvalue weighted by molar-refractivity contribution is 0.371. The van der Waals surface area contributed by atoms with E-state index >= 15 is 0 Å². The molecular formula is C16H18N6O. The number of hydrogen-bond acceptors (Lipinski definition) is 6. The Bertz CT molecular complexity index is 760. The third kappa shape index (κ3) is 3.14. The van der Waals surface area contributed by atoms with Crippen molar-refractivity contribution in [3.05, 3.63) is 53.9 Å². The molecule has 0 aliphatic heterocycles. The van der Waals surface area contributed by atoms with Crippen molar-refractivity contribution in [3.63, 3.8) is 0 Å². The standard InChI is InChI=1S/C16H18N6O/c1-11(17-10-15-19-16(23-20-15)13-2-3-13)12-4-6-14(7-5-12)22-9-8-18-21-22/h4-9,11,13,17H,2-3,10H2,1H3/t11-/m0/s1. The lowest BCUT2D eigenvalue weighted by Gasteiger charge is -2.13. The van der Waals surface area contributed by atoms with Crippen LogP contribution >= 0.6 is 0 Å². The molecule has 7 heteroatoms.